The van der Waals surface area contributed by atoms with Crippen LogP contribution in [-0.2, 0) is 17.8 Å². The van der Waals surface area contributed by atoms with Gasteiger partial charge in [-0.1, -0.05) is 18.2 Å². The van der Waals surface area contributed by atoms with Crippen LogP contribution in [0.3, 0.4) is 0 Å². The number of likely N-dealkylation sites (N-methyl/N-ethyl adjacent to an activating group) is 1. The fourth-order valence-electron chi connectivity index (χ4n) is 6.20. The van der Waals surface area contributed by atoms with E-state index in [0.29, 0.717) is 56.1 Å². The first-order chi connectivity index (χ1) is 21.7. The van der Waals surface area contributed by atoms with Crippen LogP contribution < -0.4 is 14.5 Å². The summed E-state index contributed by atoms with van der Waals surface area (Å²) >= 11 is 6.45. The maximum absolute atomic E-state index is 14.5. The van der Waals surface area contributed by atoms with E-state index in [1.54, 1.807) is 18.5 Å². The van der Waals surface area contributed by atoms with Crippen LogP contribution in [0, 0.1) is 18.3 Å². The smallest absolute Gasteiger partial charge is 0.318 e. The normalized spacial score (nSPS) is 18.2. The number of nitrogens with zero attached hydrogens (tertiary/aromatic N) is 8. The Morgan fingerprint density at radius 2 is 2.04 bits per heavy atom. The second kappa shape index (κ2) is 13.1. The number of aromatic nitrogens is 3. The van der Waals surface area contributed by atoms with Crippen molar-refractivity contribution in [1.82, 2.24) is 24.8 Å². The molecule has 0 bridgehead atoms. The topological polar surface area (TPSA) is 82.3 Å². The molecule has 1 atom stereocenters. The number of hydrogen-bond donors (Lipinski definition) is 0. The lowest BCUT2D eigenvalue weighted by Gasteiger charge is -2.41. The summed E-state index contributed by atoms with van der Waals surface area (Å²) in [5, 5.41) is 1.38. The number of ether oxygens (including phenoxy) is 1. The molecule has 1 aliphatic carbocycles. The van der Waals surface area contributed by atoms with Crippen LogP contribution in [0.25, 0.3) is 15.6 Å². The van der Waals surface area contributed by atoms with E-state index in [0.717, 1.165) is 35.7 Å². The zero-order chi connectivity index (χ0) is 31.7. The zero-order valence-corrected chi connectivity index (χ0v) is 25.9. The van der Waals surface area contributed by atoms with Gasteiger partial charge in [0, 0.05) is 61.8 Å². The van der Waals surface area contributed by atoms with Gasteiger partial charge in [-0.25, -0.2) is 15.4 Å². The predicted molar refractivity (Wildman–Crippen MR) is 169 cm³/mol. The molecule has 3 aliphatic rings. The van der Waals surface area contributed by atoms with Crippen LogP contribution in [-0.4, -0.2) is 96.2 Å². The van der Waals surface area contributed by atoms with Gasteiger partial charge in [0.05, 0.1) is 29.1 Å². The summed E-state index contributed by atoms with van der Waals surface area (Å²) in [7, 11) is 2.08. The van der Waals surface area contributed by atoms with Crippen molar-refractivity contribution in [2.75, 3.05) is 69.3 Å². The van der Waals surface area contributed by atoms with Crippen molar-refractivity contribution in [3.63, 3.8) is 0 Å². The van der Waals surface area contributed by atoms with E-state index in [1.807, 2.05) is 4.90 Å². The number of amides is 1. The molecular weight excluding hydrogens is 602 g/mol. The average molecular weight is 637 g/mol. The molecule has 4 heterocycles. The van der Waals surface area contributed by atoms with E-state index < -0.39 is 23.6 Å². The number of carbonyl (C=O) groups is 1. The molecular formula is C32H35ClF2N8O2. The fraction of sp³-hybridized carbons (Fsp3) is 0.469. The first kappa shape index (κ1) is 30.9. The molecule has 0 N–H and O–H groups in total. The third kappa shape index (κ3) is 6.65. The van der Waals surface area contributed by atoms with Crippen molar-refractivity contribution < 1.29 is 18.3 Å². The molecule has 2 fully saturated rings. The quantitative estimate of drug-likeness (QED) is 0.237. The van der Waals surface area contributed by atoms with Crippen LogP contribution in [0.15, 0.2) is 36.9 Å². The lowest BCUT2D eigenvalue weighted by atomic mass is 10.0. The maximum Gasteiger partial charge on any atom is 0.318 e. The number of benzene rings is 1. The van der Waals surface area contributed by atoms with Gasteiger partial charge in [-0.3, -0.25) is 9.78 Å². The first-order valence-electron chi connectivity index (χ1n) is 15.1. The molecule has 0 spiro atoms. The highest BCUT2D eigenvalue weighted by Crippen LogP contribution is 2.38. The van der Waals surface area contributed by atoms with E-state index >= 15 is 0 Å². The molecule has 1 aromatic carbocycles. The Labute approximate surface area is 266 Å². The summed E-state index contributed by atoms with van der Waals surface area (Å²) in [4.78, 5) is 37.8. The minimum atomic E-state index is -1.04. The van der Waals surface area contributed by atoms with Crippen molar-refractivity contribution in [3.8, 4) is 6.01 Å². The second-order valence-electron chi connectivity index (χ2n) is 11.9. The summed E-state index contributed by atoms with van der Waals surface area (Å²) in [5.41, 5.74) is 2.41. The molecule has 6 rings (SSSR count). The maximum atomic E-state index is 14.5. The SMILES string of the molecule is [C-]#[N+]C[C@H]1CN(c2nc(OCCN(C)CC3CC3)nc3c2CCN(c2cncc4ccc(F)c(Cl)c24)C3)CCN1C(=O)C(=C)F. The highest BCUT2D eigenvalue weighted by atomic mass is 35.5. The number of anilines is 2. The molecule has 236 valence electrons. The summed E-state index contributed by atoms with van der Waals surface area (Å²) in [6.07, 6.45) is 6.48. The Bertz CT molecular complexity index is 1660. The average Bonchev–Trinajstić information content (AvgIpc) is 3.85. The number of hydrogen-bond acceptors (Lipinski definition) is 8. The van der Waals surface area contributed by atoms with Gasteiger partial charge in [-0.15, -0.1) is 0 Å². The summed E-state index contributed by atoms with van der Waals surface area (Å²) in [5.74, 6) is -0.877. The van der Waals surface area contributed by atoms with Gasteiger partial charge in [0.1, 0.15) is 24.3 Å². The Balaban J connectivity index is 1.31. The van der Waals surface area contributed by atoms with Crippen LogP contribution in [0.1, 0.15) is 24.1 Å². The Morgan fingerprint density at radius 1 is 1.22 bits per heavy atom. The third-order valence-electron chi connectivity index (χ3n) is 8.71. The van der Waals surface area contributed by atoms with Crippen LogP contribution in [0.4, 0.5) is 20.3 Å². The molecule has 3 aromatic rings. The summed E-state index contributed by atoms with van der Waals surface area (Å²) in [6.45, 7) is 14.7. The standard InChI is InChI=1S/C32H35ClF2N8O2/c1-20(34)31(44)43-11-10-42(18-23(43)15-36-2)30-24-8-9-41(27-16-37-14-22-6-7-25(35)29(33)28(22)27)19-26(24)38-32(39-30)45-13-12-40(3)17-21-4-5-21/h6-7,14,16,21,23H,1,4-5,8-13,15,17-19H2,3H3/t23-/m0/s1. The van der Waals surface area contributed by atoms with Crippen LogP contribution in [0.5, 0.6) is 6.01 Å². The highest BCUT2D eigenvalue weighted by molar-refractivity contribution is 6.36. The highest BCUT2D eigenvalue weighted by Gasteiger charge is 2.36. The largest absolute Gasteiger partial charge is 0.462 e. The van der Waals surface area contributed by atoms with E-state index in [4.69, 9.17) is 32.9 Å². The van der Waals surface area contributed by atoms with Crippen molar-refractivity contribution in [2.45, 2.75) is 31.8 Å². The number of halogens is 3. The Hall–Kier alpha value is -4.08. The van der Waals surface area contributed by atoms with Crippen molar-refractivity contribution in [3.05, 3.63) is 70.4 Å². The molecule has 2 aliphatic heterocycles. The van der Waals surface area contributed by atoms with E-state index in [1.165, 1.54) is 23.8 Å². The number of fused-ring (bicyclic) bond motifs is 2. The lowest BCUT2D eigenvalue weighted by Crippen LogP contribution is -2.57. The first-order valence-corrected chi connectivity index (χ1v) is 15.5. The summed E-state index contributed by atoms with van der Waals surface area (Å²) < 4.78 is 34.4. The second-order valence-corrected chi connectivity index (χ2v) is 12.3. The molecule has 0 unspecified atom stereocenters. The molecule has 1 amide bonds. The third-order valence-corrected chi connectivity index (χ3v) is 9.07. The van der Waals surface area contributed by atoms with Crippen molar-refractivity contribution >= 4 is 39.8 Å². The molecule has 10 nitrogen and oxygen atoms in total. The zero-order valence-electron chi connectivity index (χ0n) is 25.2. The minimum Gasteiger partial charge on any atom is -0.462 e. The molecule has 0 radical (unpaired) electrons. The molecule has 2 aromatic heterocycles. The molecule has 1 saturated carbocycles. The van der Waals surface area contributed by atoms with Gasteiger partial charge < -0.3 is 29.2 Å². The monoisotopic (exact) mass is 636 g/mol. The van der Waals surface area contributed by atoms with Crippen LogP contribution in [0.2, 0.25) is 5.02 Å². The van der Waals surface area contributed by atoms with Gasteiger partial charge in [-0.2, -0.15) is 9.97 Å². The number of pyridine rings is 1. The van der Waals surface area contributed by atoms with E-state index in [9.17, 15) is 13.6 Å². The minimum absolute atomic E-state index is 0.0264. The molecule has 13 heteroatoms. The molecule has 45 heavy (non-hydrogen) atoms. The van der Waals surface area contributed by atoms with Gasteiger partial charge in [0.15, 0.2) is 5.83 Å². The van der Waals surface area contributed by atoms with Crippen LogP contribution >= 0.6 is 11.6 Å². The fourth-order valence-corrected chi connectivity index (χ4v) is 6.47. The Morgan fingerprint density at radius 3 is 2.80 bits per heavy atom. The van der Waals surface area contributed by atoms with Gasteiger partial charge in [0.25, 0.3) is 5.91 Å². The lowest BCUT2D eigenvalue weighted by molar-refractivity contribution is -0.131. The van der Waals surface area contributed by atoms with E-state index in [2.05, 4.69) is 33.3 Å². The summed E-state index contributed by atoms with van der Waals surface area (Å²) in [6, 6.07) is 2.72. The number of rotatable bonds is 10. The van der Waals surface area contributed by atoms with Gasteiger partial charge >= 0.3 is 6.01 Å². The van der Waals surface area contributed by atoms with Gasteiger partial charge in [0.2, 0.25) is 6.54 Å². The van der Waals surface area contributed by atoms with Crippen molar-refractivity contribution in [1.29, 1.82) is 0 Å². The predicted octanol–water partition coefficient (Wildman–Crippen LogP) is 4.52. The Kier molecular flexibility index (Phi) is 9.01. The van der Waals surface area contributed by atoms with Gasteiger partial charge in [-0.05, 0) is 44.4 Å². The number of carbonyl (C=O) groups excluding carboxylic acids is 1. The van der Waals surface area contributed by atoms with Crippen molar-refractivity contribution in [2.24, 2.45) is 5.92 Å². The van der Waals surface area contributed by atoms with E-state index in [-0.39, 0.29) is 24.1 Å². The number of piperazine rings is 1. The molecule has 1 saturated heterocycles.